The van der Waals surface area contributed by atoms with Gasteiger partial charge in [0.2, 0.25) is 0 Å². The Hall–Kier alpha value is -3.35. The van der Waals surface area contributed by atoms with E-state index >= 15 is 0 Å². The van der Waals surface area contributed by atoms with E-state index in [1.807, 2.05) is 50.4 Å². The normalized spacial score (nSPS) is 11.0. The molecule has 126 valence electrons. The summed E-state index contributed by atoms with van der Waals surface area (Å²) in [5, 5.41) is 11.2. The van der Waals surface area contributed by atoms with Gasteiger partial charge in [-0.3, -0.25) is 4.57 Å². The first-order valence-corrected chi connectivity index (χ1v) is 7.93. The number of nitrogens with zero attached hydrogens (tertiary/aromatic N) is 4. The maximum atomic E-state index is 5.66. The Labute approximate surface area is 144 Å². The summed E-state index contributed by atoms with van der Waals surface area (Å²) in [5.74, 6) is 2.10. The predicted octanol–water partition coefficient (Wildman–Crippen LogP) is 3.74. The highest BCUT2D eigenvalue weighted by Gasteiger charge is 2.14. The Bertz CT molecular complexity index is 984. The number of aryl methyl sites for hydroxylation is 2. The Morgan fingerprint density at radius 1 is 1.08 bits per heavy atom. The molecule has 0 aliphatic rings. The Morgan fingerprint density at radius 3 is 2.68 bits per heavy atom. The molecule has 0 bridgehead atoms. The molecule has 25 heavy (non-hydrogen) atoms. The van der Waals surface area contributed by atoms with Gasteiger partial charge < -0.3 is 14.2 Å². The maximum Gasteiger partial charge on any atom is 0.316 e. The Balaban J connectivity index is 1.53. The van der Waals surface area contributed by atoms with E-state index in [2.05, 4.69) is 25.1 Å². The van der Waals surface area contributed by atoms with Crippen molar-refractivity contribution in [2.24, 2.45) is 0 Å². The molecule has 0 aliphatic heterocycles. The summed E-state index contributed by atoms with van der Waals surface area (Å²) in [6.07, 6.45) is 3.44. The average Bonchev–Trinajstić information content (AvgIpc) is 3.34. The van der Waals surface area contributed by atoms with E-state index in [9.17, 15) is 0 Å². The van der Waals surface area contributed by atoms with Crippen LogP contribution in [-0.4, -0.2) is 19.7 Å². The summed E-state index contributed by atoms with van der Waals surface area (Å²) < 4.78 is 13.0. The lowest BCUT2D eigenvalue weighted by atomic mass is 10.3. The first kappa shape index (κ1) is 15.2. The molecule has 0 radical (unpaired) electrons. The van der Waals surface area contributed by atoms with Crippen molar-refractivity contribution < 1.29 is 8.83 Å². The fraction of sp³-hybridized carbons (Fsp3) is 0.167. The molecular weight excluding hydrogens is 318 g/mol. The third-order valence-corrected chi connectivity index (χ3v) is 3.96. The molecule has 1 aromatic carbocycles. The van der Waals surface area contributed by atoms with Crippen LogP contribution < -0.4 is 5.32 Å². The molecule has 3 heterocycles. The fourth-order valence-electron chi connectivity index (χ4n) is 2.72. The summed E-state index contributed by atoms with van der Waals surface area (Å²) in [6.45, 7) is 4.35. The molecule has 0 spiro atoms. The molecule has 0 aliphatic carbocycles. The number of hydrogen-bond acceptors (Lipinski definition) is 6. The van der Waals surface area contributed by atoms with Gasteiger partial charge in [0, 0.05) is 5.69 Å². The zero-order valence-electron chi connectivity index (χ0n) is 13.9. The van der Waals surface area contributed by atoms with Crippen molar-refractivity contribution in [3.63, 3.8) is 0 Å². The minimum Gasteiger partial charge on any atom is -0.469 e. The monoisotopic (exact) mass is 335 g/mol. The highest BCUT2D eigenvalue weighted by Crippen LogP contribution is 2.24. The number of para-hydroxylation sites is 1. The lowest BCUT2D eigenvalue weighted by Crippen LogP contribution is -2.07. The SMILES string of the molecule is Cc1occc1-c1nnc(NCc2cnc(C)n2-c2ccccc2)o1. The number of hydrogen-bond donors (Lipinski definition) is 1. The summed E-state index contributed by atoms with van der Waals surface area (Å²) in [6, 6.07) is 12.3. The molecular formula is C18H17N5O2. The van der Waals surface area contributed by atoms with Crippen LogP contribution >= 0.6 is 0 Å². The molecule has 0 fully saturated rings. The molecule has 4 aromatic rings. The second kappa shape index (κ2) is 6.27. The van der Waals surface area contributed by atoms with Crippen molar-refractivity contribution in [1.82, 2.24) is 19.7 Å². The van der Waals surface area contributed by atoms with E-state index in [0.29, 0.717) is 18.5 Å². The van der Waals surface area contributed by atoms with E-state index in [4.69, 9.17) is 8.83 Å². The topological polar surface area (TPSA) is 81.9 Å². The summed E-state index contributed by atoms with van der Waals surface area (Å²) in [5.41, 5.74) is 2.86. The quantitative estimate of drug-likeness (QED) is 0.598. The van der Waals surface area contributed by atoms with E-state index in [0.717, 1.165) is 28.5 Å². The summed E-state index contributed by atoms with van der Waals surface area (Å²) in [7, 11) is 0. The number of rotatable bonds is 5. The number of imidazole rings is 1. The van der Waals surface area contributed by atoms with Crippen LogP contribution in [0.25, 0.3) is 17.1 Å². The van der Waals surface area contributed by atoms with Crippen molar-refractivity contribution >= 4 is 6.01 Å². The van der Waals surface area contributed by atoms with Crippen molar-refractivity contribution in [3.05, 3.63) is 66.1 Å². The van der Waals surface area contributed by atoms with Crippen molar-refractivity contribution in [1.29, 1.82) is 0 Å². The van der Waals surface area contributed by atoms with Crippen LogP contribution in [0.15, 0.2) is 57.7 Å². The third-order valence-electron chi connectivity index (χ3n) is 3.96. The summed E-state index contributed by atoms with van der Waals surface area (Å²) >= 11 is 0. The molecule has 0 unspecified atom stereocenters. The van der Waals surface area contributed by atoms with Gasteiger partial charge in [-0.25, -0.2) is 4.98 Å². The van der Waals surface area contributed by atoms with Gasteiger partial charge in [-0.1, -0.05) is 23.3 Å². The van der Waals surface area contributed by atoms with Crippen LogP contribution in [0.2, 0.25) is 0 Å². The van der Waals surface area contributed by atoms with Crippen LogP contribution in [0, 0.1) is 13.8 Å². The first-order chi connectivity index (χ1) is 12.2. The van der Waals surface area contributed by atoms with Gasteiger partial charge in [0.1, 0.15) is 11.6 Å². The van der Waals surface area contributed by atoms with Gasteiger partial charge in [-0.2, -0.15) is 0 Å². The molecule has 7 nitrogen and oxygen atoms in total. The predicted molar refractivity (Wildman–Crippen MR) is 92.4 cm³/mol. The van der Waals surface area contributed by atoms with Gasteiger partial charge in [-0.15, -0.1) is 5.10 Å². The Morgan fingerprint density at radius 2 is 1.92 bits per heavy atom. The number of furan rings is 1. The largest absolute Gasteiger partial charge is 0.469 e. The van der Waals surface area contributed by atoms with Gasteiger partial charge in [0.25, 0.3) is 5.89 Å². The number of benzene rings is 1. The van der Waals surface area contributed by atoms with Crippen molar-refractivity contribution in [2.45, 2.75) is 20.4 Å². The van der Waals surface area contributed by atoms with Crippen molar-refractivity contribution in [2.75, 3.05) is 5.32 Å². The van der Waals surface area contributed by atoms with E-state index in [-0.39, 0.29) is 0 Å². The molecule has 0 saturated heterocycles. The van der Waals surface area contributed by atoms with Gasteiger partial charge in [-0.05, 0) is 32.0 Å². The standard InChI is InChI=1S/C18H17N5O2/c1-12-16(8-9-24-12)17-21-22-18(25-17)20-11-15-10-19-13(2)23(15)14-6-4-3-5-7-14/h3-10H,11H2,1-2H3,(H,20,22). The van der Waals surface area contributed by atoms with E-state index in [1.54, 1.807) is 12.3 Å². The molecule has 1 N–H and O–H groups in total. The maximum absolute atomic E-state index is 5.66. The molecule has 7 heteroatoms. The van der Waals surface area contributed by atoms with E-state index < -0.39 is 0 Å². The number of anilines is 1. The fourth-order valence-corrected chi connectivity index (χ4v) is 2.72. The van der Waals surface area contributed by atoms with Crippen LogP contribution in [0.5, 0.6) is 0 Å². The smallest absolute Gasteiger partial charge is 0.316 e. The average molecular weight is 335 g/mol. The van der Waals surface area contributed by atoms with Crippen LogP contribution in [0.3, 0.4) is 0 Å². The minimum absolute atomic E-state index is 0.356. The first-order valence-electron chi connectivity index (χ1n) is 7.93. The van der Waals surface area contributed by atoms with Gasteiger partial charge in [0.15, 0.2) is 0 Å². The molecule has 3 aromatic heterocycles. The lowest BCUT2D eigenvalue weighted by molar-refractivity contribution is 0.530. The Kier molecular flexibility index (Phi) is 3.81. The van der Waals surface area contributed by atoms with Crippen molar-refractivity contribution in [3.8, 4) is 17.1 Å². The minimum atomic E-state index is 0.356. The number of nitrogens with one attached hydrogen (secondary N) is 1. The second-order valence-electron chi connectivity index (χ2n) is 5.62. The van der Waals surface area contributed by atoms with Crippen LogP contribution in [-0.2, 0) is 6.54 Å². The molecule has 0 saturated carbocycles. The highest BCUT2D eigenvalue weighted by molar-refractivity contribution is 5.55. The van der Waals surface area contributed by atoms with E-state index in [1.165, 1.54) is 0 Å². The molecule has 4 rings (SSSR count). The second-order valence-corrected chi connectivity index (χ2v) is 5.62. The van der Waals surface area contributed by atoms with Crippen LogP contribution in [0.4, 0.5) is 6.01 Å². The third kappa shape index (κ3) is 2.91. The zero-order valence-corrected chi connectivity index (χ0v) is 13.9. The van der Waals surface area contributed by atoms with Crippen LogP contribution in [0.1, 0.15) is 17.3 Å². The zero-order chi connectivity index (χ0) is 17.2. The highest BCUT2D eigenvalue weighted by atomic mass is 16.4. The molecule has 0 atom stereocenters. The molecule has 0 amide bonds. The van der Waals surface area contributed by atoms with Gasteiger partial charge in [0.05, 0.1) is 30.3 Å². The summed E-state index contributed by atoms with van der Waals surface area (Å²) in [4.78, 5) is 4.41. The van der Waals surface area contributed by atoms with Gasteiger partial charge >= 0.3 is 6.01 Å². The number of aromatic nitrogens is 4. The lowest BCUT2D eigenvalue weighted by Gasteiger charge is -2.10.